The summed E-state index contributed by atoms with van der Waals surface area (Å²) in [6.07, 6.45) is 2.40. The van der Waals surface area contributed by atoms with Gasteiger partial charge in [-0.3, -0.25) is 9.10 Å². The number of sulfonamides is 1. The number of rotatable bonds is 12. The molecule has 0 bridgehead atoms. The molecule has 0 aliphatic rings. The van der Waals surface area contributed by atoms with Gasteiger partial charge >= 0.3 is 0 Å². The third kappa shape index (κ3) is 7.10. The Labute approximate surface area is 215 Å². The maximum atomic E-state index is 13.5. The molecule has 1 amide bonds. The number of nitrogens with zero attached hydrogens (tertiary/aromatic N) is 1. The van der Waals surface area contributed by atoms with Crippen LogP contribution in [0.15, 0.2) is 71.6 Å². The number of ether oxygens (including phenoxy) is 1. The molecule has 3 rings (SSSR count). The van der Waals surface area contributed by atoms with Gasteiger partial charge in [0.05, 0.1) is 17.2 Å². The van der Waals surface area contributed by atoms with E-state index in [2.05, 4.69) is 12.2 Å². The first-order valence-corrected chi connectivity index (χ1v) is 13.8. The summed E-state index contributed by atoms with van der Waals surface area (Å²) in [5.74, 6) is 0.523. The Morgan fingerprint density at radius 2 is 1.67 bits per heavy atom. The van der Waals surface area contributed by atoms with Crippen molar-refractivity contribution in [1.82, 2.24) is 5.32 Å². The maximum Gasteiger partial charge on any atom is 0.264 e. The Morgan fingerprint density at radius 3 is 2.36 bits per heavy atom. The first kappa shape index (κ1) is 27.3. The SMILES string of the molecule is CCCOc1ccccc1CCCNC(=O)CN(c1ccc(C)c(C)c1)S(=O)(=O)c1ccc(C)cc1. The number of anilines is 1. The zero-order chi connectivity index (χ0) is 26.1. The monoisotopic (exact) mass is 508 g/mol. The summed E-state index contributed by atoms with van der Waals surface area (Å²) in [7, 11) is -3.93. The van der Waals surface area contributed by atoms with Gasteiger partial charge in [0.1, 0.15) is 12.3 Å². The smallest absolute Gasteiger partial charge is 0.264 e. The van der Waals surface area contributed by atoms with Crippen LogP contribution in [0, 0.1) is 20.8 Å². The highest BCUT2D eigenvalue weighted by atomic mass is 32.2. The van der Waals surface area contributed by atoms with E-state index in [9.17, 15) is 13.2 Å². The third-order valence-electron chi connectivity index (χ3n) is 6.05. The predicted octanol–water partition coefficient (Wildman–Crippen LogP) is 5.34. The van der Waals surface area contributed by atoms with Crippen LogP contribution >= 0.6 is 0 Å². The molecule has 0 unspecified atom stereocenters. The molecule has 0 aliphatic carbocycles. The first-order chi connectivity index (χ1) is 17.2. The second kappa shape index (κ2) is 12.6. The van der Waals surface area contributed by atoms with Gasteiger partial charge in [-0.1, -0.05) is 48.9 Å². The van der Waals surface area contributed by atoms with E-state index >= 15 is 0 Å². The van der Waals surface area contributed by atoms with Crippen LogP contribution in [0.25, 0.3) is 0 Å². The molecule has 0 atom stereocenters. The zero-order valence-electron chi connectivity index (χ0n) is 21.6. The summed E-state index contributed by atoms with van der Waals surface area (Å²) < 4.78 is 34.1. The second-order valence-corrected chi connectivity index (χ2v) is 10.9. The Hall–Kier alpha value is -3.32. The van der Waals surface area contributed by atoms with E-state index in [0.29, 0.717) is 25.3 Å². The van der Waals surface area contributed by atoms with Gasteiger partial charge in [-0.25, -0.2) is 8.42 Å². The minimum absolute atomic E-state index is 0.155. The van der Waals surface area contributed by atoms with Crippen LogP contribution in [-0.4, -0.2) is 34.0 Å². The quantitative estimate of drug-likeness (QED) is 0.335. The topological polar surface area (TPSA) is 75.7 Å². The molecule has 0 heterocycles. The number of hydrogen-bond donors (Lipinski definition) is 1. The van der Waals surface area contributed by atoms with Crippen LogP contribution in [0.4, 0.5) is 5.69 Å². The molecule has 0 radical (unpaired) electrons. The number of hydrogen-bond acceptors (Lipinski definition) is 4. The number of carbonyl (C=O) groups is 1. The van der Waals surface area contributed by atoms with Crippen LogP contribution in [0.3, 0.4) is 0 Å². The van der Waals surface area contributed by atoms with Gasteiger partial charge in [-0.15, -0.1) is 0 Å². The fourth-order valence-corrected chi connectivity index (χ4v) is 5.20. The van der Waals surface area contributed by atoms with E-state index in [-0.39, 0.29) is 17.3 Å². The number of carbonyl (C=O) groups excluding carboxylic acids is 1. The molecule has 0 aliphatic heterocycles. The molecule has 3 aromatic rings. The molecule has 0 saturated carbocycles. The van der Waals surface area contributed by atoms with Gasteiger partial charge in [-0.05, 0) is 87.1 Å². The summed E-state index contributed by atoms with van der Waals surface area (Å²) in [4.78, 5) is 13.0. The van der Waals surface area contributed by atoms with E-state index in [1.807, 2.05) is 57.2 Å². The molecule has 192 valence electrons. The Kier molecular flexibility index (Phi) is 9.53. The van der Waals surface area contributed by atoms with Gasteiger partial charge in [0.25, 0.3) is 10.0 Å². The van der Waals surface area contributed by atoms with Crippen molar-refractivity contribution in [2.24, 2.45) is 0 Å². The van der Waals surface area contributed by atoms with Crippen molar-refractivity contribution in [2.45, 2.75) is 51.9 Å². The zero-order valence-corrected chi connectivity index (χ0v) is 22.4. The Bertz CT molecular complexity index is 1270. The lowest BCUT2D eigenvalue weighted by molar-refractivity contribution is -0.119. The number of para-hydroxylation sites is 1. The molecule has 0 saturated heterocycles. The average molecular weight is 509 g/mol. The van der Waals surface area contributed by atoms with Crippen molar-refractivity contribution >= 4 is 21.6 Å². The van der Waals surface area contributed by atoms with Crippen molar-refractivity contribution in [3.8, 4) is 5.75 Å². The molecule has 7 heteroatoms. The van der Waals surface area contributed by atoms with Crippen LogP contribution in [0.2, 0.25) is 0 Å². The van der Waals surface area contributed by atoms with E-state index in [0.717, 1.165) is 40.8 Å². The highest BCUT2D eigenvalue weighted by Gasteiger charge is 2.27. The fourth-order valence-electron chi connectivity index (χ4n) is 3.79. The van der Waals surface area contributed by atoms with Crippen LogP contribution in [0.1, 0.15) is 42.0 Å². The lowest BCUT2D eigenvalue weighted by Crippen LogP contribution is -2.41. The van der Waals surface area contributed by atoms with E-state index in [1.54, 1.807) is 30.3 Å². The molecule has 0 aromatic heterocycles. The Balaban J connectivity index is 1.70. The number of aryl methyl sites for hydroxylation is 4. The van der Waals surface area contributed by atoms with Gasteiger partial charge in [0, 0.05) is 6.54 Å². The number of nitrogens with one attached hydrogen (secondary N) is 1. The van der Waals surface area contributed by atoms with E-state index < -0.39 is 10.0 Å². The first-order valence-electron chi connectivity index (χ1n) is 12.4. The van der Waals surface area contributed by atoms with Gasteiger partial charge < -0.3 is 10.1 Å². The second-order valence-electron chi connectivity index (χ2n) is 9.00. The van der Waals surface area contributed by atoms with Gasteiger partial charge in [0.2, 0.25) is 5.91 Å². The van der Waals surface area contributed by atoms with Gasteiger partial charge in [0.15, 0.2) is 0 Å². The van der Waals surface area contributed by atoms with E-state index in [4.69, 9.17) is 4.74 Å². The molecule has 36 heavy (non-hydrogen) atoms. The molecule has 1 N–H and O–H groups in total. The fraction of sp³-hybridized carbons (Fsp3) is 0.345. The van der Waals surface area contributed by atoms with Crippen LogP contribution in [-0.2, 0) is 21.2 Å². The highest BCUT2D eigenvalue weighted by Crippen LogP contribution is 2.26. The van der Waals surface area contributed by atoms with Crippen molar-refractivity contribution in [3.63, 3.8) is 0 Å². The third-order valence-corrected chi connectivity index (χ3v) is 7.84. The van der Waals surface area contributed by atoms with Crippen molar-refractivity contribution in [1.29, 1.82) is 0 Å². The number of amides is 1. The van der Waals surface area contributed by atoms with Crippen molar-refractivity contribution in [2.75, 3.05) is 24.0 Å². The normalized spacial score (nSPS) is 11.2. The molecular formula is C29H36N2O4S. The molecule has 6 nitrogen and oxygen atoms in total. The molecule has 0 spiro atoms. The summed E-state index contributed by atoms with van der Waals surface area (Å²) in [5.41, 5.74) is 4.54. The standard InChI is InChI=1S/C29H36N2O4S/c1-5-19-35-28-11-7-6-9-25(28)10-8-18-30-29(32)21-31(26-15-14-23(3)24(4)20-26)36(33,34)27-16-12-22(2)13-17-27/h6-7,9,11-17,20H,5,8,10,18-19,21H2,1-4H3,(H,30,32). The minimum atomic E-state index is -3.93. The average Bonchev–Trinajstić information content (AvgIpc) is 2.86. The maximum absolute atomic E-state index is 13.5. The van der Waals surface area contributed by atoms with Crippen molar-refractivity contribution < 1.29 is 17.9 Å². The lowest BCUT2D eigenvalue weighted by Gasteiger charge is -2.25. The Morgan fingerprint density at radius 1 is 0.944 bits per heavy atom. The predicted molar refractivity (Wildman–Crippen MR) is 145 cm³/mol. The molecule has 3 aromatic carbocycles. The molecular weight excluding hydrogens is 472 g/mol. The summed E-state index contributed by atoms with van der Waals surface area (Å²) in [6, 6.07) is 20.0. The van der Waals surface area contributed by atoms with Crippen LogP contribution < -0.4 is 14.4 Å². The minimum Gasteiger partial charge on any atom is -0.493 e. The van der Waals surface area contributed by atoms with Crippen LogP contribution in [0.5, 0.6) is 5.75 Å². The van der Waals surface area contributed by atoms with Gasteiger partial charge in [-0.2, -0.15) is 0 Å². The number of benzene rings is 3. The summed E-state index contributed by atoms with van der Waals surface area (Å²) >= 11 is 0. The lowest BCUT2D eigenvalue weighted by atomic mass is 10.1. The van der Waals surface area contributed by atoms with Crippen molar-refractivity contribution in [3.05, 3.63) is 89.0 Å². The summed E-state index contributed by atoms with van der Waals surface area (Å²) in [6.45, 7) is 8.67. The largest absolute Gasteiger partial charge is 0.493 e. The van der Waals surface area contributed by atoms with E-state index in [1.165, 1.54) is 4.31 Å². The summed E-state index contributed by atoms with van der Waals surface area (Å²) in [5, 5.41) is 2.89. The highest BCUT2D eigenvalue weighted by molar-refractivity contribution is 7.92. The molecule has 0 fully saturated rings.